The van der Waals surface area contributed by atoms with Gasteiger partial charge in [-0.3, -0.25) is 4.90 Å². The van der Waals surface area contributed by atoms with Crippen molar-refractivity contribution in [1.82, 2.24) is 4.90 Å². The molecular weight excluding hydrogens is 162 g/mol. The summed E-state index contributed by atoms with van der Waals surface area (Å²) in [6.45, 7) is 0.440. The molecule has 0 aromatic heterocycles. The first-order valence-electron chi connectivity index (χ1n) is 3.88. The number of ether oxygens (including phenoxy) is 1. The van der Waals surface area contributed by atoms with Crippen LogP contribution < -0.4 is 0 Å². The van der Waals surface area contributed by atoms with Crippen LogP contribution in [0.15, 0.2) is 0 Å². The maximum Gasteiger partial charge on any atom is 0.410 e. The lowest BCUT2D eigenvalue weighted by molar-refractivity contribution is -0.142. The minimum atomic E-state index is -0.938. The van der Waals surface area contributed by atoms with E-state index in [4.69, 9.17) is 9.84 Å². The molecule has 0 aromatic rings. The summed E-state index contributed by atoms with van der Waals surface area (Å²) < 4.78 is 4.89. The summed E-state index contributed by atoms with van der Waals surface area (Å²) in [5, 5.41) is 8.73. The monoisotopic (exact) mass is 171 g/mol. The van der Waals surface area contributed by atoms with Crippen molar-refractivity contribution >= 4 is 12.1 Å². The Morgan fingerprint density at radius 2 is 2.33 bits per heavy atom. The molecule has 0 aromatic carbocycles. The number of rotatable bonds is 1. The zero-order valence-corrected chi connectivity index (χ0v) is 6.40. The fourth-order valence-corrected chi connectivity index (χ4v) is 1.70. The zero-order chi connectivity index (χ0) is 8.72. The van der Waals surface area contributed by atoms with Gasteiger partial charge < -0.3 is 9.84 Å². The Hall–Kier alpha value is -1.26. The highest BCUT2D eigenvalue weighted by atomic mass is 16.6. The van der Waals surface area contributed by atoms with Crippen LogP contribution in [0, 0.1) is 0 Å². The molecule has 2 aliphatic heterocycles. The summed E-state index contributed by atoms with van der Waals surface area (Å²) in [6, 6.07) is -0.670. The van der Waals surface area contributed by atoms with Gasteiger partial charge in [0.1, 0.15) is 12.1 Å². The van der Waals surface area contributed by atoms with Gasteiger partial charge in [0.05, 0.1) is 6.54 Å². The molecule has 2 rings (SSSR count). The summed E-state index contributed by atoms with van der Waals surface area (Å²) in [4.78, 5) is 22.9. The van der Waals surface area contributed by atoms with Crippen LogP contribution in [0.25, 0.3) is 0 Å². The predicted molar refractivity (Wildman–Crippen MR) is 37.6 cm³/mol. The highest BCUT2D eigenvalue weighted by Gasteiger charge is 2.43. The van der Waals surface area contributed by atoms with E-state index in [1.807, 2.05) is 0 Å². The number of piperidine rings is 1. The van der Waals surface area contributed by atoms with Crippen molar-refractivity contribution in [2.45, 2.75) is 25.0 Å². The summed E-state index contributed by atoms with van der Waals surface area (Å²) in [5.74, 6) is -0.938. The lowest BCUT2D eigenvalue weighted by atomic mass is 10.0. The van der Waals surface area contributed by atoms with E-state index in [9.17, 15) is 9.59 Å². The molecule has 2 bridgehead atoms. The summed E-state index contributed by atoms with van der Waals surface area (Å²) in [5.41, 5.74) is 0. The molecule has 2 atom stereocenters. The van der Waals surface area contributed by atoms with Gasteiger partial charge in [0.15, 0.2) is 0 Å². The van der Waals surface area contributed by atoms with Crippen LogP contribution in [0.1, 0.15) is 12.8 Å². The van der Waals surface area contributed by atoms with Crippen LogP contribution >= 0.6 is 0 Å². The van der Waals surface area contributed by atoms with Crippen LogP contribution in [-0.2, 0) is 9.53 Å². The molecule has 2 saturated heterocycles. The van der Waals surface area contributed by atoms with Crippen molar-refractivity contribution < 1.29 is 19.4 Å². The molecule has 1 amide bonds. The average molecular weight is 171 g/mol. The topological polar surface area (TPSA) is 66.8 Å². The number of carboxylic acids is 1. The first kappa shape index (κ1) is 7.39. The van der Waals surface area contributed by atoms with E-state index in [-0.39, 0.29) is 6.10 Å². The van der Waals surface area contributed by atoms with Crippen LogP contribution in [0.2, 0.25) is 0 Å². The Morgan fingerprint density at radius 3 is 3.00 bits per heavy atom. The SMILES string of the molecule is O=C(O)[C@H]1CC[C@@H]2CN1C(=O)O2. The minimum absolute atomic E-state index is 0.0758. The quantitative estimate of drug-likeness (QED) is 0.605. The molecular formula is C7H9NO4. The molecule has 0 unspecified atom stereocenters. The number of carbonyl (C=O) groups excluding carboxylic acids is 1. The first-order valence-corrected chi connectivity index (χ1v) is 3.88. The van der Waals surface area contributed by atoms with Gasteiger partial charge in [-0.2, -0.15) is 0 Å². The minimum Gasteiger partial charge on any atom is -0.480 e. The van der Waals surface area contributed by atoms with Gasteiger partial charge in [0.2, 0.25) is 0 Å². The fraction of sp³-hybridized carbons (Fsp3) is 0.714. The molecule has 12 heavy (non-hydrogen) atoms. The van der Waals surface area contributed by atoms with Crippen molar-refractivity contribution in [3.63, 3.8) is 0 Å². The molecule has 0 saturated carbocycles. The van der Waals surface area contributed by atoms with Crippen LogP contribution in [0.3, 0.4) is 0 Å². The van der Waals surface area contributed by atoms with Crippen molar-refractivity contribution in [3.05, 3.63) is 0 Å². The van der Waals surface area contributed by atoms with Gasteiger partial charge in [-0.05, 0) is 12.8 Å². The molecule has 0 aliphatic carbocycles. The van der Waals surface area contributed by atoms with Gasteiger partial charge >= 0.3 is 12.1 Å². The van der Waals surface area contributed by atoms with Crippen LogP contribution in [-0.4, -0.2) is 40.8 Å². The third kappa shape index (κ3) is 0.929. The van der Waals surface area contributed by atoms with E-state index in [1.54, 1.807) is 0 Å². The van der Waals surface area contributed by atoms with Gasteiger partial charge in [-0.15, -0.1) is 0 Å². The zero-order valence-electron chi connectivity index (χ0n) is 6.40. The third-order valence-electron chi connectivity index (χ3n) is 2.33. The van der Waals surface area contributed by atoms with Gasteiger partial charge in [-0.1, -0.05) is 0 Å². The van der Waals surface area contributed by atoms with Gasteiger partial charge in [0, 0.05) is 0 Å². The van der Waals surface area contributed by atoms with Crippen LogP contribution in [0.5, 0.6) is 0 Å². The number of fused-ring (bicyclic) bond motifs is 2. The summed E-state index contributed by atoms with van der Waals surface area (Å²) >= 11 is 0. The summed E-state index contributed by atoms with van der Waals surface area (Å²) in [6.07, 6.45) is 0.614. The number of aliphatic carboxylic acids is 1. The molecule has 0 spiro atoms. The Labute approximate surface area is 68.9 Å². The molecule has 5 heteroatoms. The number of carbonyl (C=O) groups is 2. The van der Waals surface area contributed by atoms with E-state index in [2.05, 4.69) is 0 Å². The highest BCUT2D eigenvalue weighted by Crippen LogP contribution is 2.26. The fourth-order valence-electron chi connectivity index (χ4n) is 1.70. The first-order chi connectivity index (χ1) is 5.68. The third-order valence-corrected chi connectivity index (χ3v) is 2.33. The summed E-state index contributed by atoms with van der Waals surface area (Å²) in [7, 11) is 0. The van der Waals surface area contributed by atoms with Crippen molar-refractivity contribution in [1.29, 1.82) is 0 Å². The second-order valence-corrected chi connectivity index (χ2v) is 3.09. The predicted octanol–water partition coefficient (Wildman–Crippen LogP) is 0.0542. The lowest BCUT2D eigenvalue weighted by Gasteiger charge is -2.25. The number of hydrogen-bond donors (Lipinski definition) is 1. The molecule has 5 nitrogen and oxygen atoms in total. The second-order valence-electron chi connectivity index (χ2n) is 3.09. The molecule has 2 heterocycles. The van der Waals surface area contributed by atoms with E-state index >= 15 is 0 Å². The highest BCUT2D eigenvalue weighted by molar-refractivity contribution is 5.81. The van der Waals surface area contributed by atoms with Crippen molar-refractivity contribution in [2.75, 3.05) is 6.54 Å². The standard InChI is InChI=1S/C7H9NO4/c9-6(10)5-2-1-4-3-8(5)7(11)12-4/h4-5H,1-3H2,(H,9,10)/t4-,5-/m1/s1. The Morgan fingerprint density at radius 1 is 1.58 bits per heavy atom. The van der Waals surface area contributed by atoms with Crippen LogP contribution in [0.4, 0.5) is 4.79 Å². The Kier molecular flexibility index (Phi) is 1.46. The van der Waals surface area contributed by atoms with E-state index in [0.717, 1.165) is 0 Å². The molecule has 1 N–H and O–H groups in total. The molecule has 2 aliphatic rings. The maximum absolute atomic E-state index is 11.0. The van der Waals surface area contributed by atoms with Gasteiger partial charge in [0.25, 0.3) is 0 Å². The molecule has 66 valence electrons. The normalized spacial score (nSPS) is 33.3. The molecule has 2 fully saturated rings. The largest absolute Gasteiger partial charge is 0.480 e. The van der Waals surface area contributed by atoms with E-state index in [0.29, 0.717) is 19.4 Å². The Bertz CT molecular complexity index is 240. The number of nitrogens with zero attached hydrogens (tertiary/aromatic N) is 1. The van der Waals surface area contributed by atoms with E-state index < -0.39 is 18.1 Å². The lowest BCUT2D eigenvalue weighted by Crippen LogP contribution is -2.44. The number of amides is 1. The smallest absolute Gasteiger partial charge is 0.410 e. The number of hydrogen-bond acceptors (Lipinski definition) is 3. The number of carboxylic acid groups (broad SMARTS) is 1. The maximum atomic E-state index is 11.0. The van der Waals surface area contributed by atoms with Gasteiger partial charge in [-0.25, -0.2) is 9.59 Å². The molecule has 0 radical (unpaired) electrons. The van der Waals surface area contributed by atoms with E-state index in [1.165, 1.54) is 4.90 Å². The Balaban J connectivity index is 2.18. The average Bonchev–Trinajstić information content (AvgIpc) is 2.28. The van der Waals surface area contributed by atoms with Crippen molar-refractivity contribution in [2.24, 2.45) is 0 Å². The van der Waals surface area contributed by atoms with Crippen molar-refractivity contribution in [3.8, 4) is 0 Å². The second kappa shape index (κ2) is 2.36.